The molecule has 0 aromatic rings. The lowest BCUT2D eigenvalue weighted by molar-refractivity contribution is -0.181. The monoisotopic (exact) mass is 418 g/mol. The fourth-order valence-corrected chi connectivity index (χ4v) is 8.01. The first-order valence-electron chi connectivity index (χ1n) is 12.0. The predicted octanol–water partition coefficient (Wildman–Crippen LogP) is 2.16. The Kier molecular flexibility index (Phi) is 5.28. The molecule has 4 aliphatic carbocycles. The Morgan fingerprint density at radius 1 is 1.20 bits per heavy atom. The van der Waals surface area contributed by atoms with E-state index in [9.17, 15) is 15.0 Å². The molecule has 0 bridgehead atoms. The standard InChI is InChI=1S/C24H38N2O4/c1-23-8-5-14(26-30-15-7-10-25-12-15)11-19(23)16(13-27)22(29)21-17-3-4-20(28)24(17,2)9-6-18(21)23/h11,15-19,21-22,25-27,29H,3-10,12-13H2,1-2H3/t15?,16-,17+,18+,19?,21+,22-,23-,24+/m1/s1. The summed E-state index contributed by atoms with van der Waals surface area (Å²) in [5, 5.41) is 25.1. The highest BCUT2D eigenvalue weighted by Gasteiger charge is 2.64. The Bertz CT molecular complexity index is 720. The van der Waals surface area contributed by atoms with Gasteiger partial charge in [0, 0.05) is 36.6 Å². The molecule has 0 aromatic carbocycles. The van der Waals surface area contributed by atoms with Gasteiger partial charge in [0.1, 0.15) is 5.78 Å². The molecule has 6 heteroatoms. The van der Waals surface area contributed by atoms with E-state index in [4.69, 9.17) is 4.84 Å². The summed E-state index contributed by atoms with van der Waals surface area (Å²) in [4.78, 5) is 18.6. The summed E-state index contributed by atoms with van der Waals surface area (Å²) in [6.45, 7) is 6.37. The molecule has 6 nitrogen and oxygen atoms in total. The average Bonchev–Trinajstić information content (AvgIpc) is 3.36. The van der Waals surface area contributed by atoms with Crippen molar-refractivity contribution in [3.63, 3.8) is 0 Å². The van der Waals surface area contributed by atoms with Gasteiger partial charge in [-0.05, 0) is 74.2 Å². The maximum atomic E-state index is 12.7. The highest BCUT2D eigenvalue weighted by atomic mass is 16.7. The van der Waals surface area contributed by atoms with Crippen molar-refractivity contribution >= 4 is 5.78 Å². The van der Waals surface area contributed by atoms with Crippen molar-refractivity contribution in [3.8, 4) is 0 Å². The Morgan fingerprint density at radius 3 is 2.77 bits per heavy atom. The number of ketones is 1. The molecule has 1 heterocycles. The molecule has 3 saturated carbocycles. The molecule has 168 valence electrons. The van der Waals surface area contributed by atoms with Gasteiger partial charge >= 0.3 is 0 Å². The van der Waals surface area contributed by atoms with Crippen molar-refractivity contribution < 1.29 is 19.8 Å². The second kappa shape index (κ2) is 7.58. The van der Waals surface area contributed by atoms with Gasteiger partial charge in [-0.15, -0.1) is 0 Å². The Balaban J connectivity index is 1.41. The van der Waals surface area contributed by atoms with Crippen molar-refractivity contribution in [1.29, 1.82) is 0 Å². The van der Waals surface area contributed by atoms with E-state index in [0.29, 0.717) is 18.1 Å². The molecule has 2 unspecified atom stereocenters. The summed E-state index contributed by atoms with van der Waals surface area (Å²) in [5.41, 5.74) is 4.07. The molecule has 5 rings (SSSR count). The zero-order valence-electron chi connectivity index (χ0n) is 18.4. The largest absolute Gasteiger partial charge is 0.396 e. The van der Waals surface area contributed by atoms with Crippen LogP contribution < -0.4 is 10.8 Å². The summed E-state index contributed by atoms with van der Waals surface area (Å²) in [7, 11) is 0. The van der Waals surface area contributed by atoms with E-state index in [2.05, 4.69) is 30.7 Å². The van der Waals surface area contributed by atoms with E-state index in [1.807, 2.05) is 0 Å². The van der Waals surface area contributed by atoms with Crippen molar-refractivity contribution in [2.75, 3.05) is 19.7 Å². The number of nitrogens with one attached hydrogen (secondary N) is 2. The van der Waals surface area contributed by atoms with Gasteiger partial charge in [-0.3, -0.25) is 15.1 Å². The molecule has 0 aromatic heterocycles. The van der Waals surface area contributed by atoms with Crippen LogP contribution in [0.15, 0.2) is 11.8 Å². The number of aliphatic hydroxyl groups is 2. The molecule has 9 atom stereocenters. The molecule has 0 amide bonds. The number of carbonyl (C=O) groups excluding carboxylic acids is 1. The van der Waals surface area contributed by atoms with E-state index >= 15 is 0 Å². The van der Waals surface area contributed by atoms with Crippen LogP contribution in [-0.2, 0) is 9.63 Å². The number of hydrogen-bond acceptors (Lipinski definition) is 6. The molecule has 5 aliphatic rings. The fourth-order valence-electron chi connectivity index (χ4n) is 8.01. The van der Waals surface area contributed by atoms with Gasteiger partial charge in [-0.2, -0.15) is 0 Å². The van der Waals surface area contributed by atoms with Crippen LogP contribution in [0.25, 0.3) is 0 Å². The number of rotatable bonds is 4. The molecule has 4 fully saturated rings. The van der Waals surface area contributed by atoms with Gasteiger partial charge in [0.05, 0.1) is 12.2 Å². The summed E-state index contributed by atoms with van der Waals surface area (Å²) in [5.74, 6) is 1.12. The third kappa shape index (κ3) is 3.01. The molecule has 4 N–H and O–H groups in total. The van der Waals surface area contributed by atoms with Crippen LogP contribution in [0, 0.1) is 40.4 Å². The first-order chi connectivity index (χ1) is 14.4. The van der Waals surface area contributed by atoms with Crippen LogP contribution >= 0.6 is 0 Å². The van der Waals surface area contributed by atoms with Crippen LogP contribution in [-0.4, -0.2) is 47.9 Å². The van der Waals surface area contributed by atoms with Crippen LogP contribution in [0.2, 0.25) is 0 Å². The average molecular weight is 419 g/mol. The van der Waals surface area contributed by atoms with Crippen LogP contribution in [0.5, 0.6) is 0 Å². The van der Waals surface area contributed by atoms with Crippen molar-refractivity contribution in [2.24, 2.45) is 40.4 Å². The number of Topliss-reactive ketones (excluding diaryl/α,β-unsaturated/α-hetero) is 1. The summed E-state index contributed by atoms with van der Waals surface area (Å²) in [6.07, 6.45) is 8.39. The van der Waals surface area contributed by atoms with Crippen molar-refractivity contribution in [2.45, 2.75) is 71.0 Å². The molecule has 0 spiro atoms. The van der Waals surface area contributed by atoms with Crippen LogP contribution in [0.3, 0.4) is 0 Å². The highest BCUT2D eigenvalue weighted by Crippen LogP contribution is 2.66. The number of aliphatic hydroxyl groups excluding tert-OH is 2. The maximum Gasteiger partial charge on any atom is 0.139 e. The number of allylic oxidation sites excluding steroid dienone is 2. The Labute approximate surface area is 179 Å². The molecule has 1 aliphatic heterocycles. The summed E-state index contributed by atoms with van der Waals surface area (Å²) >= 11 is 0. The lowest BCUT2D eigenvalue weighted by atomic mass is 9.43. The first-order valence-corrected chi connectivity index (χ1v) is 12.0. The molecule has 30 heavy (non-hydrogen) atoms. The van der Waals surface area contributed by atoms with Crippen LogP contribution in [0.4, 0.5) is 0 Å². The van der Waals surface area contributed by atoms with Crippen molar-refractivity contribution in [3.05, 3.63) is 11.8 Å². The van der Waals surface area contributed by atoms with Gasteiger partial charge in [-0.25, -0.2) is 0 Å². The Hall–Kier alpha value is -0.950. The zero-order chi connectivity index (χ0) is 21.1. The molecule has 0 radical (unpaired) electrons. The lowest BCUT2D eigenvalue weighted by Gasteiger charge is -2.62. The second-order valence-corrected chi connectivity index (χ2v) is 11.1. The number of carbonyl (C=O) groups is 1. The topological polar surface area (TPSA) is 90.8 Å². The summed E-state index contributed by atoms with van der Waals surface area (Å²) < 4.78 is 0. The van der Waals surface area contributed by atoms with E-state index in [-0.39, 0.29) is 47.2 Å². The molecular weight excluding hydrogens is 380 g/mol. The minimum absolute atomic E-state index is 0.0147. The van der Waals surface area contributed by atoms with E-state index in [1.165, 1.54) is 0 Å². The van der Waals surface area contributed by atoms with Crippen LogP contribution in [0.1, 0.15) is 58.8 Å². The predicted molar refractivity (Wildman–Crippen MR) is 113 cm³/mol. The quantitative estimate of drug-likeness (QED) is 0.523. The molecule has 1 saturated heterocycles. The third-order valence-corrected chi connectivity index (χ3v) is 9.84. The third-order valence-electron chi connectivity index (χ3n) is 9.84. The van der Waals surface area contributed by atoms with E-state index < -0.39 is 6.10 Å². The highest BCUT2D eigenvalue weighted by molar-refractivity contribution is 5.87. The van der Waals surface area contributed by atoms with E-state index in [1.54, 1.807) is 0 Å². The minimum Gasteiger partial charge on any atom is -0.396 e. The van der Waals surface area contributed by atoms with Crippen molar-refractivity contribution in [1.82, 2.24) is 10.8 Å². The lowest BCUT2D eigenvalue weighted by Crippen LogP contribution is -2.61. The van der Waals surface area contributed by atoms with E-state index in [0.717, 1.165) is 57.3 Å². The maximum absolute atomic E-state index is 12.7. The number of fused-ring (bicyclic) bond motifs is 5. The number of hydrogen-bond donors (Lipinski definition) is 4. The van der Waals surface area contributed by atoms with Gasteiger partial charge < -0.3 is 15.5 Å². The van der Waals surface area contributed by atoms with Gasteiger partial charge in [0.25, 0.3) is 0 Å². The summed E-state index contributed by atoms with van der Waals surface area (Å²) in [6, 6.07) is 0. The normalized spacial score (nSPS) is 50.5. The van der Waals surface area contributed by atoms with Gasteiger partial charge in [0.2, 0.25) is 0 Å². The fraction of sp³-hybridized carbons (Fsp3) is 0.875. The second-order valence-electron chi connectivity index (χ2n) is 11.1. The van der Waals surface area contributed by atoms with Gasteiger partial charge in [0.15, 0.2) is 0 Å². The SMILES string of the molecule is C[C@]12CCC(NOC3CCNC3)=CC1[C@@H](CO)[C@@H](O)[C@@H]1[C@@H]2CC[C@]2(C)C(=O)CC[C@@H]12. The molecular formula is C24H38N2O4. The smallest absolute Gasteiger partial charge is 0.139 e. The minimum atomic E-state index is -0.552. The van der Waals surface area contributed by atoms with Gasteiger partial charge in [-0.1, -0.05) is 19.9 Å². The first kappa shape index (κ1) is 20.9. The Morgan fingerprint density at radius 2 is 2.03 bits per heavy atom. The zero-order valence-corrected chi connectivity index (χ0v) is 18.4. The number of hydroxylamine groups is 1.